The maximum atomic E-state index is 13.1. The average Bonchev–Trinajstić information content (AvgIpc) is 2.76. The molecule has 0 radical (unpaired) electrons. The number of rotatable bonds is 4. The van der Waals surface area contributed by atoms with Crippen LogP contribution in [0.3, 0.4) is 0 Å². The van der Waals surface area contributed by atoms with Gasteiger partial charge in [-0.25, -0.2) is 24.7 Å². The van der Waals surface area contributed by atoms with Crippen molar-refractivity contribution in [2.45, 2.75) is 19.3 Å². The third kappa shape index (κ3) is 4.37. The largest absolute Gasteiger partial charge is 0.379 e. The number of nitrogens with one attached hydrogen (secondary N) is 1. The molecule has 2 aliphatic heterocycles. The third-order valence-corrected chi connectivity index (χ3v) is 4.87. The van der Waals surface area contributed by atoms with Crippen LogP contribution in [0.25, 0.3) is 0 Å². The van der Waals surface area contributed by atoms with Crippen LogP contribution in [0.2, 0.25) is 0 Å². The number of aromatic nitrogens is 3. The Morgan fingerprint density at radius 1 is 1.00 bits per heavy atom. The number of hydrazine groups is 1. The minimum absolute atomic E-state index is 0.302. The molecule has 4 rings (SSSR count). The number of amides is 2. The first-order valence-electron chi connectivity index (χ1n) is 9.74. The molecule has 0 saturated carbocycles. The van der Waals surface area contributed by atoms with Crippen LogP contribution in [0.4, 0.5) is 22.4 Å². The van der Waals surface area contributed by atoms with E-state index in [0.29, 0.717) is 43.9 Å². The second-order valence-electron chi connectivity index (χ2n) is 6.82. The van der Waals surface area contributed by atoms with Crippen molar-refractivity contribution in [1.29, 1.82) is 0 Å². The molecule has 9 nitrogen and oxygen atoms in total. The number of nitrogens with zero attached hydrogens (tertiary/aromatic N) is 6. The second-order valence-corrected chi connectivity index (χ2v) is 6.82. The molecule has 0 unspecified atom stereocenters. The fraction of sp³-hybridized carbons (Fsp3) is 0.474. The van der Waals surface area contributed by atoms with Crippen molar-refractivity contribution in [3.63, 3.8) is 0 Å². The van der Waals surface area contributed by atoms with E-state index in [1.807, 2.05) is 35.3 Å². The number of hydrogen-bond acceptors (Lipinski definition) is 7. The van der Waals surface area contributed by atoms with Crippen molar-refractivity contribution in [1.82, 2.24) is 25.4 Å². The smallest absolute Gasteiger partial charge is 0.343 e. The van der Waals surface area contributed by atoms with Crippen molar-refractivity contribution in [3.05, 3.63) is 36.7 Å². The molecule has 28 heavy (non-hydrogen) atoms. The Labute approximate surface area is 164 Å². The highest BCUT2D eigenvalue weighted by molar-refractivity contribution is 5.97. The van der Waals surface area contributed by atoms with Crippen LogP contribution < -0.4 is 15.2 Å². The summed E-state index contributed by atoms with van der Waals surface area (Å²) in [5, 5.41) is 1.86. The molecule has 2 saturated heterocycles. The van der Waals surface area contributed by atoms with Gasteiger partial charge in [-0.2, -0.15) is 4.98 Å². The van der Waals surface area contributed by atoms with Gasteiger partial charge in [0.25, 0.3) is 0 Å². The monoisotopic (exact) mass is 383 g/mol. The lowest BCUT2D eigenvalue weighted by atomic mass is 10.1. The van der Waals surface area contributed by atoms with Gasteiger partial charge in [0.05, 0.1) is 18.9 Å². The quantitative estimate of drug-likeness (QED) is 0.863. The van der Waals surface area contributed by atoms with Crippen LogP contribution in [0.1, 0.15) is 19.3 Å². The number of urea groups is 1. The average molecular weight is 383 g/mol. The van der Waals surface area contributed by atoms with Crippen LogP contribution in [-0.4, -0.2) is 65.4 Å². The number of piperidine rings is 1. The molecule has 2 fully saturated rings. The van der Waals surface area contributed by atoms with Gasteiger partial charge in [0.2, 0.25) is 11.9 Å². The summed E-state index contributed by atoms with van der Waals surface area (Å²) in [6.07, 6.45) is 4.96. The fourth-order valence-corrected chi connectivity index (χ4v) is 3.39. The maximum absolute atomic E-state index is 13.1. The van der Waals surface area contributed by atoms with E-state index in [1.165, 1.54) is 17.6 Å². The molecular weight excluding hydrogens is 358 g/mol. The van der Waals surface area contributed by atoms with E-state index >= 15 is 0 Å². The molecule has 1 aromatic carbocycles. The first-order valence-corrected chi connectivity index (χ1v) is 9.74. The minimum atomic E-state index is -0.302. The van der Waals surface area contributed by atoms with Gasteiger partial charge < -0.3 is 9.64 Å². The number of para-hydroxylation sites is 1. The summed E-state index contributed by atoms with van der Waals surface area (Å²) >= 11 is 0. The predicted molar refractivity (Wildman–Crippen MR) is 105 cm³/mol. The Bertz CT molecular complexity index is 777. The van der Waals surface area contributed by atoms with E-state index in [9.17, 15) is 4.79 Å². The molecule has 0 bridgehead atoms. The number of morpholine rings is 1. The molecule has 3 heterocycles. The molecule has 9 heteroatoms. The first-order chi connectivity index (χ1) is 13.8. The lowest BCUT2D eigenvalue weighted by Gasteiger charge is -2.30. The van der Waals surface area contributed by atoms with Crippen molar-refractivity contribution in [3.8, 4) is 0 Å². The fourth-order valence-electron chi connectivity index (χ4n) is 3.39. The number of carbonyl (C=O) groups excluding carboxylic acids is 1. The Morgan fingerprint density at radius 3 is 2.50 bits per heavy atom. The summed E-state index contributed by atoms with van der Waals surface area (Å²) < 4.78 is 5.35. The van der Waals surface area contributed by atoms with Gasteiger partial charge in [-0.3, -0.25) is 5.43 Å². The van der Waals surface area contributed by atoms with Gasteiger partial charge in [0.15, 0.2) is 0 Å². The van der Waals surface area contributed by atoms with Crippen LogP contribution in [0, 0.1) is 0 Å². The SMILES string of the molecule is O=C(NN1CCOCC1)N(c1ccccc1)c1ncnc(N2CCCCC2)n1. The Hall–Kier alpha value is -2.78. The second kappa shape index (κ2) is 8.94. The normalized spacial score (nSPS) is 17.9. The van der Waals surface area contributed by atoms with Crippen molar-refractivity contribution in [2.24, 2.45) is 0 Å². The van der Waals surface area contributed by atoms with E-state index in [0.717, 1.165) is 25.9 Å². The molecule has 2 aromatic rings. The van der Waals surface area contributed by atoms with Crippen LogP contribution in [0.5, 0.6) is 0 Å². The predicted octanol–water partition coefficient (Wildman–Crippen LogP) is 1.96. The summed E-state index contributed by atoms with van der Waals surface area (Å²) in [5.41, 5.74) is 3.64. The van der Waals surface area contributed by atoms with Crippen LogP contribution in [-0.2, 0) is 4.74 Å². The standard InChI is InChI=1S/C19H25N7O2/c27-19(23-25-11-13-28-14-12-25)26(16-7-3-1-4-8-16)18-21-15-20-17(22-18)24-9-5-2-6-10-24/h1,3-4,7-8,15H,2,5-6,9-14H2,(H,23,27). The van der Waals surface area contributed by atoms with Gasteiger partial charge >= 0.3 is 6.03 Å². The summed E-state index contributed by atoms with van der Waals surface area (Å²) in [7, 11) is 0. The molecule has 0 aliphatic carbocycles. The molecule has 0 spiro atoms. The highest BCUT2D eigenvalue weighted by Gasteiger charge is 2.25. The van der Waals surface area contributed by atoms with Crippen LogP contribution >= 0.6 is 0 Å². The summed E-state index contributed by atoms with van der Waals surface area (Å²) in [6, 6.07) is 9.11. The topological polar surface area (TPSA) is 86.7 Å². The number of carbonyl (C=O) groups is 1. The zero-order valence-corrected chi connectivity index (χ0v) is 15.8. The van der Waals surface area contributed by atoms with E-state index < -0.39 is 0 Å². The van der Waals surface area contributed by atoms with Crippen molar-refractivity contribution < 1.29 is 9.53 Å². The lowest BCUT2D eigenvalue weighted by Crippen LogP contribution is -2.52. The molecule has 1 aromatic heterocycles. The Kier molecular flexibility index (Phi) is 5.93. The minimum Gasteiger partial charge on any atom is -0.379 e. The van der Waals surface area contributed by atoms with Gasteiger partial charge in [-0.05, 0) is 31.4 Å². The van der Waals surface area contributed by atoms with Gasteiger partial charge in [-0.15, -0.1) is 0 Å². The number of anilines is 3. The van der Waals surface area contributed by atoms with Gasteiger partial charge in [0, 0.05) is 26.2 Å². The first kappa shape index (κ1) is 18.6. The van der Waals surface area contributed by atoms with E-state index in [4.69, 9.17) is 4.74 Å². The van der Waals surface area contributed by atoms with E-state index in [-0.39, 0.29) is 6.03 Å². The summed E-state index contributed by atoms with van der Waals surface area (Å²) in [5.74, 6) is 0.928. The summed E-state index contributed by atoms with van der Waals surface area (Å²) in [4.78, 5) is 30.0. The summed E-state index contributed by atoms with van der Waals surface area (Å²) in [6.45, 7) is 4.33. The number of ether oxygens (including phenoxy) is 1. The van der Waals surface area contributed by atoms with E-state index in [1.54, 1.807) is 0 Å². The van der Waals surface area contributed by atoms with Gasteiger partial charge in [0.1, 0.15) is 6.33 Å². The van der Waals surface area contributed by atoms with Gasteiger partial charge in [-0.1, -0.05) is 18.2 Å². The van der Waals surface area contributed by atoms with Crippen molar-refractivity contribution >= 4 is 23.6 Å². The molecule has 2 aliphatic rings. The maximum Gasteiger partial charge on any atom is 0.343 e. The van der Waals surface area contributed by atoms with E-state index in [2.05, 4.69) is 25.3 Å². The highest BCUT2D eigenvalue weighted by atomic mass is 16.5. The number of hydrogen-bond donors (Lipinski definition) is 1. The molecule has 0 atom stereocenters. The molecular formula is C19H25N7O2. The third-order valence-electron chi connectivity index (χ3n) is 4.87. The Balaban J connectivity index is 1.60. The zero-order chi connectivity index (χ0) is 19.2. The Morgan fingerprint density at radius 2 is 1.75 bits per heavy atom. The van der Waals surface area contributed by atoms with Crippen molar-refractivity contribution in [2.75, 3.05) is 49.2 Å². The lowest BCUT2D eigenvalue weighted by molar-refractivity contribution is 0.0203. The zero-order valence-electron chi connectivity index (χ0n) is 15.8. The van der Waals surface area contributed by atoms with Crippen LogP contribution in [0.15, 0.2) is 36.7 Å². The highest BCUT2D eigenvalue weighted by Crippen LogP contribution is 2.24. The number of benzene rings is 1. The molecule has 2 amide bonds. The molecule has 1 N–H and O–H groups in total. The molecule has 148 valence electrons.